The zero-order chi connectivity index (χ0) is 14.0. The largest absolute Gasteiger partial charge is 0.324 e. The van der Waals surface area contributed by atoms with Crippen LogP contribution < -0.4 is 5.32 Å². The molecule has 0 radical (unpaired) electrons. The molecule has 0 aromatic carbocycles. The lowest BCUT2D eigenvalue weighted by atomic mass is 9.99. The van der Waals surface area contributed by atoms with Gasteiger partial charge >= 0.3 is 0 Å². The van der Waals surface area contributed by atoms with Crippen molar-refractivity contribution in [3.8, 4) is 0 Å². The fourth-order valence-corrected chi connectivity index (χ4v) is 4.34. The van der Waals surface area contributed by atoms with E-state index in [1.165, 1.54) is 18.6 Å². The number of carbonyl (C=O) groups is 1. The number of hydrogen-bond donors (Lipinski definition) is 1. The van der Waals surface area contributed by atoms with E-state index in [-0.39, 0.29) is 11.7 Å². The average molecular weight is 284 g/mol. The summed E-state index contributed by atoms with van der Waals surface area (Å²) in [7, 11) is 0. The van der Waals surface area contributed by atoms with E-state index in [0.717, 1.165) is 19.4 Å². The number of amides is 1. The first-order valence-electron chi connectivity index (χ1n) is 7.66. The summed E-state index contributed by atoms with van der Waals surface area (Å²) in [5, 5.41) is 4.24. The van der Waals surface area contributed by atoms with E-state index in [1.54, 1.807) is 0 Å². The Bertz CT molecular complexity index is 328. The number of nitrogens with one attached hydrogen (secondary N) is 1. The van der Waals surface area contributed by atoms with Crippen molar-refractivity contribution in [2.45, 2.75) is 70.3 Å². The lowest BCUT2D eigenvalue weighted by molar-refractivity contribution is -0.133. The van der Waals surface area contributed by atoms with Crippen molar-refractivity contribution in [3.05, 3.63) is 0 Å². The molecule has 1 amide bonds. The van der Waals surface area contributed by atoms with E-state index in [2.05, 4.69) is 37.9 Å². The van der Waals surface area contributed by atoms with Gasteiger partial charge < -0.3 is 4.90 Å². The third-order valence-electron chi connectivity index (χ3n) is 4.42. The fraction of sp³-hybridized carbons (Fsp3) is 0.933. The maximum Gasteiger partial charge on any atom is 0.243 e. The summed E-state index contributed by atoms with van der Waals surface area (Å²) >= 11 is 2.04. The fourth-order valence-electron chi connectivity index (χ4n) is 3.07. The first-order valence-corrected chi connectivity index (χ1v) is 8.71. The minimum atomic E-state index is -0.344. The molecule has 0 aromatic heterocycles. The maximum atomic E-state index is 12.7. The van der Waals surface area contributed by atoms with E-state index < -0.39 is 0 Å². The maximum absolute atomic E-state index is 12.7. The molecule has 2 saturated heterocycles. The van der Waals surface area contributed by atoms with Crippen LogP contribution in [0.5, 0.6) is 0 Å². The van der Waals surface area contributed by atoms with Crippen LogP contribution >= 0.6 is 11.8 Å². The van der Waals surface area contributed by atoms with Gasteiger partial charge in [0, 0.05) is 11.8 Å². The van der Waals surface area contributed by atoms with Gasteiger partial charge in [0.2, 0.25) is 5.91 Å². The predicted octanol–water partition coefficient (Wildman–Crippen LogP) is 2.85. The van der Waals surface area contributed by atoms with Crippen molar-refractivity contribution in [2.75, 3.05) is 12.3 Å². The Labute approximate surface area is 121 Å². The summed E-state index contributed by atoms with van der Waals surface area (Å²) in [4.78, 5) is 14.8. The highest BCUT2D eigenvalue weighted by Crippen LogP contribution is 2.32. The molecule has 1 N–H and O–H groups in total. The Hall–Kier alpha value is -0.220. The summed E-state index contributed by atoms with van der Waals surface area (Å²) in [5.74, 6) is 2.19. The lowest BCUT2D eigenvalue weighted by Gasteiger charge is -2.27. The van der Waals surface area contributed by atoms with Gasteiger partial charge in [0.15, 0.2) is 0 Å². The van der Waals surface area contributed by atoms with Gasteiger partial charge in [-0.2, -0.15) is 11.8 Å². The van der Waals surface area contributed by atoms with Crippen LogP contribution in [0.4, 0.5) is 0 Å². The quantitative estimate of drug-likeness (QED) is 0.842. The Balaban J connectivity index is 2.08. The normalized spacial score (nSPS) is 35.6. The molecule has 2 heterocycles. The number of thioether (sulfide) groups is 1. The average Bonchev–Trinajstić information content (AvgIpc) is 2.93. The van der Waals surface area contributed by atoms with Gasteiger partial charge in [-0.3, -0.25) is 10.1 Å². The molecular weight excluding hydrogens is 256 g/mol. The summed E-state index contributed by atoms with van der Waals surface area (Å²) in [6, 6.07) is 0. The molecule has 2 aliphatic heterocycles. The number of hydrogen-bond acceptors (Lipinski definition) is 3. The first kappa shape index (κ1) is 15.2. The zero-order valence-electron chi connectivity index (χ0n) is 12.7. The third kappa shape index (κ3) is 3.27. The monoisotopic (exact) mass is 284 g/mol. The Kier molecular flexibility index (Phi) is 4.83. The van der Waals surface area contributed by atoms with E-state index in [0.29, 0.717) is 17.1 Å². The molecule has 2 aliphatic rings. The Morgan fingerprint density at radius 2 is 2.26 bits per heavy atom. The number of nitrogens with zero attached hydrogens (tertiary/aromatic N) is 1. The molecule has 2 rings (SSSR count). The van der Waals surface area contributed by atoms with E-state index >= 15 is 0 Å². The highest BCUT2D eigenvalue weighted by Gasteiger charge is 2.47. The van der Waals surface area contributed by atoms with Crippen LogP contribution in [0.25, 0.3) is 0 Å². The summed E-state index contributed by atoms with van der Waals surface area (Å²) in [6.45, 7) is 9.56. The minimum absolute atomic E-state index is 0.235. The molecule has 0 spiro atoms. The summed E-state index contributed by atoms with van der Waals surface area (Å²) in [5.41, 5.74) is -0.344. The van der Waals surface area contributed by atoms with Crippen LogP contribution in [0.2, 0.25) is 0 Å². The molecule has 0 aliphatic carbocycles. The molecule has 110 valence electrons. The molecular formula is C15H28N2OS. The van der Waals surface area contributed by atoms with Crippen LogP contribution in [0.1, 0.15) is 53.4 Å². The van der Waals surface area contributed by atoms with Crippen molar-refractivity contribution in [1.82, 2.24) is 10.2 Å². The molecule has 19 heavy (non-hydrogen) atoms. The smallest absolute Gasteiger partial charge is 0.243 e. The van der Waals surface area contributed by atoms with Gasteiger partial charge in [0.1, 0.15) is 0 Å². The zero-order valence-corrected chi connectivity index (χ0v) is 13.6. The molecule has 0 bridgehead atoms. The van der Waals surface area contributed by atoms with Crippen LogP contribution in [0, 0.1) is 5.92 Å². The van der Waals surface area contributed by atoms with E-state index in [1.807, 2.05) is 11.8 Å². The lowest BCUT2D eigenvalue weighted by Crippen LogP contribution is -2.44. The van der Waals surface area contributed by atoms with Crippen LogP contribution in [-0.4, -0.2) is 40.1 Å². The minimum Gasteiger partial charge on any atom is -0.324 e. The highest BCUT2D eigenvalue weighted by molar-refractivity contribution is 8.00. The molecule has 3 atom stereocenters. The second kappa shape index (κ2) is 6.04. The van der Waals surface area contributed by atoms with Crippen molar-refractivity contribution >= 4 is 17.7 Å². The highest BCUT2D eigenvalue weighted by atomic mass is 32.2. The molecule has 0 saturated carbocycles. The Morgan fingerprint density at radius 3 is 2.79 bits per heavy atom. The molecule has 4 heteroatoms. The van der Waals surface area contributed by atoms with Gasteiger partial charge in [0.05, 0.1) is 11.7 Å². The SMILES string of the molecule is CCC1(C)NC(CC(C)C)N(CC2CCCS2)C1=O. The van der Waals surface area contributed by atoms with Crippen molar-refractivity contribution in [1.29, 1.82) is 0 Å². The van der Waals surface area contributed by atoms with Crippen LogP contribution in [0.15, 0.2) is 0 Å². The number of rotatable bonds is 5. The van der Waals surface area contributed by atoms with Crippen molar-refractivity contribution in [2.24, 2.45) is 5.92 Å². The predicted molar refractivity (Wildman–Crippen MR) is 82.3 cm³/mol. The van der Waals surface area contributed by atoms with Gasteiger partial charge in [-0.15, -0.1) is 0 Å². The molecule has 0 aromatic rings. The first-order chi connectivity index (χ1) is 8.96. The van der Waals surface area contributed by atoms with Gasteiger partial charge in [0.25, 0.3) is 0 Å². The Morgan fingerprint density at radius 1 is 1.53 bits per heavy atom. The molecule has 3 unspecified atom stereocenters. The second-order valence-electron chi connectivity index (χ2n) is 6.57. The van der Waals surface area contributed by atoms with Crippen molar-refractivity contribution < 1.29 is 4.79 Å². The van der Waals surface area contributed by atoms with E-state index in [9.17, 15) is 4.79 Å². The molecule has 3 nitrogen and oxygen atoms in total. The number of carbonyl (C=O) groups excluding carboxylic acids is 1. The summed E-state index contributed by atoms with van der Waals surface area (Å²) < 4.78 is 0. The van der Waals surface area contributed by atoms with Gasteiger partial charge in [-0.05, 0) is 44.3 Å². The topological polar surface area (TPSA) is 32.3 Å². The van der Waals surface area contributed by atoms with Crippen molar-refractivity contribution in [3.63, 3.8) is 0 Å². The van der Waals surface area contributed by atoms with E-state index in [4.69, 9.17) is 0 Å². The van der Waals surface area contributed by atoms with Crippen LogP contribution in [0.3, 0.4) is 0 Å². The molecule has 2 fully saturated rings. The summed E-state index contributed by atoms with van der Waals surface area (Å²) in [6.07, 6.45) is 4.74. The van der Waals surface area contributed by atoms with Crippen LogP contribution in [-0.2, 0) is 4.79 Å². The standard InChI is InChI=1S/C15H28N2OS/c1-5-15(4)14(18)17(10-12-7-6-8-19-12)13(16-15)9-11(2)3/h11-13,16H,5-10H2,1-4H3. The third-order valence-corrected chi connectivity index (χ3v) is 5.80. The van der Waals surface area contributed by atoms with Gasteiger partial charge in [-0.1, -0.05) is 20.8 Å². The van der Waals surface area contributed by atoms with Gasteiger partial charge in [-0.25, -0.2) is 0 Å². The second-order valence-corrected chi connectivity index (χ2v) is 7.98.